The first-order valence-corrected chi connectivity index (χ1v) is 10.5. The maximum Gasteiger partial charge on any atom is 0.210 e. The molecular formula is C20H21N3O3S2. The Balaban J connectivity index is 1.43. The zero-order chi connectivity index (χ0) is 19.9. The van der Waals surface area contributed by atoms with Gasteiger partial charge in [0.15, 0.2) is 10.1 Å². The first-order valence-electron chi connectivity index (χ1n) is 8.71. The molecule has 0 aliphatic rings. The van der Waals surface area contributed by atoms with E-state index in [4.69, 9.17) is 4.74 Å². The number of aromatic nitrogens is 2. The van der Waals surface area contributed by atoms with Gasteiger partial charge in [0.25, 0.3) is 0 Å². The van der Waals surface area contributed by atoms with Crippen LogP contribution in [0.15, 0.2) is 52.9 Å². The fourth-order valence-electron chi connectivity index (χ4n) is 2.27. The minimum Gasteiger partial charge on any atom is -0.491 e. The first kappa shape index (κ1) is 20.3. The van der Waals surface area contributed by atoms with Gasteiger partial charge in [0.1, 0.15) is 12.4 Å². The summed E-state index contributed by atoms with van der Waals surface area (Å²) in [4.78, 5) is 11.3. The Morgan fingerprint density at radius 1 is 1.18 bits per heavy atom. The topological polar surface area (TPSA) is 84.3 Å². The molecular weight excluding hydrogens is 394 g/mol. The van der Waals surface area contributed by atoms with Crippen molar-refractivity contribution < 1.29 is 14.6 Å². The maximum atomic E-state index is 11.3. The summed E-state index contributed by atoms with van der Waals surface area (Å²) in [6.45, 7) is 3.73. The highest BCUT2D eigenvalue weighted by molar-refractivity contribution is 8.01. The average Bonchev–Trinajstić information content (AvgIpc) is 3.14. The second kappa shape index (κ2) is 9.68. The van der Waals surface area contributed by atoms with Crippen molar-refractivity contribution in [2.45, 2.75) is 24.3 Å². The Kier molecular flexibility index (Phi) is 7.02. The van der Waals surface area contributed by atoms with E-state index >= 15 is 0 Å². The normalized spacial score (nSPS) is 11.8. The van der Waals surface area contributed by atoms with Gasteiger partial charge in [0, 0.05) is 17.0 Å². The lowest BCUT2D eigenvalue weighted by atomic mass is 10.1. The van der Waals surface area contributed by atoms with Gasteiger partial charge in [-0.3, -0.25) is 4.79 Å². The van der Waals surface area contributed by atoms with Crippen LogP contribution in [0.2, 0.25) is 0 Å². The van der Waals surface area contributed by atoms with Crippen molar-refractivity contribution in [1.29, 1.82) is 0 Å². The molecule has 0 saturated heterocycles. The number of nitrogens with one attached hydrogen (secondary N) is 1. The van der Waals surface area contributed by atoms with Gasteiger partial charge in [0.05, 0.1) is 6.10 Å². The van der Waals surface area contributed by atoms with Crippen molar-refractivity contribution in [3.8, 4) is 5.75 Å². The van der Waals surface area contributed by atoms with Gasteiger partial charge in [-0.2, -0.15) is 0 Å². The second-order valence-electron chi connectivity index (χ2n) is 6.22. The number of ketones is 1. The van der Waals surface area contributed by atoms with Crippen molar-refractivity contribution in [2.75, 3.05) is 17.7 Å². The summed E-state index contributed by atoms with van der Waals surface area (Å²) in [6, 6.07) is 14.9. The predicted molar refractivity (Wildman–Crippen MR) is 113 cm³/mol. The fraction of sp³-hybridized carbons (Fsp3) is 0.250. The highest BCUT2D eigenvalue weighted by Crippen LogP contribution is 2.28. The number of hydrogen-bond acceptors (Lipinski definition) is 8. The van der Waals surface area contributed by atoms with Gasteiger partial charge in [-0.25, -0.2) is 0 Å². The Bertz CT molecular complexity index is 911. The number of aliphatic hydroxyl groups excluding tert-OH is 1. The third-order valence-corrected chi connectivity index (χ3v) is 5.93. The number of aliphatic hydroxyl groups is 1. The molecule has 1 atom stereocenters. The molecule has 0 saturated carbocycles. The fourth-order valence-corrected chi connectivity index (χ4v) is 3.98. The summed E-state index contributed by atoms with van der Waals surface area (Å²) in [7, 11) is 0. The smallest absolute Gasteiger partial charge is 0.210 e. The molecule has 8 heteroatoms. The molecule has 0 unspecified atom stereocenters. The molecule has 0 amide bonds. The molecule has 2 aromatic carbocycles. The highest BCUT2D eigenvalue weighted by Gasteiger charge is 2.11. The average molecular weight is 416 g/mol. The molecule has 0 bridgehead atoms. The monoisotopic (exact) mass is 415 g/mol. The Morgan fingerprint density at radius 2 is 1.89 bits per heavy atom. The number of ether oxygens (including phenoxy) is 1. The van der Waals surface area contributed by atoms with Gasteiger partial charge in [0.2, 0.25) is 5.13 Å². The molecule has 6 nitrogen and oxygen atoms in total. The van der Waals surface area contributed by atoms with Crippen LogP contribution in [0.3, 0.4) is 0 Å². The molecule has 2 N–H and O–H groups in total. The van der Waals surface area contributed by atoms with Crippen LogP contribution in [0, 0.1) is 6.92 Å². The maximum absolute atomic E-state index is 11.3. The molecule has 3 aromatic rings. The third kappa shape index (κ3) is 6.05. The van der Waals surface area contributed by atoms with E-state index in [1.165, 1.54) is 35.6 Å². The third-order valence-electron chi connectivity index (χ3n) is 3.81. The van der Waals surface area contributed by atoms with E-state index < -0.39 is 6.10 Å². The molecule has 0 fully saturated rings. The molecule has 3 rings (SSSR count). The zero-order valence-electron chi connectivity index (χ0n) is 15.6. The molecule has 0 radical (unpaired) electrons. The summed E-state index contributed by atoms with van der Waals surface area (Å²) < 4.78 is 6.34. The van der Waals surface area contributed by atoms with Crippen LogP contribution >= 0.6 is 23.1 Å². The number of rotatable bonds is 9. The quantitative estimate of drug-likeness (QED) is 0.398. The van der Waals surface area contributed by atoms with Gasteiger partial charge >= 0.3 is 0 Å². The van der Waals surface area contributed by atoms with E-state index in [9.17, 15) is 9.90 Å². The van der Waals surface area contributed by atoms with Crippen LogP contribution < -0.4 is 10.1 Å². The largest absolute Gasteiger partial charge is 0.491 e. The van der Waals surface area contributed by atoms with Crippen LogP contribution in [0.1, 0.15) is 22.8 Å². The van der Waals surface area contributed by atoms with Gasteiger partial charge in [-0.1, -0.05) is 40.8 Å². The number of benzene rings is 2. The lowest BCUT2D eigenvalue weighted by molar-refractivity contribution is 0.101. The lowest BCUT2D eigenvalue weighted by Gasteiger charge is -2.11. The van der Waals surface area contributed by atoms with Crippen molar-refractivity contribution in [3.63, 3.8) is 0 Å². The van der Waals surface area contributed by atoms with Crippen molar-refractivity contribution in [2.24, 2.45) is 0 Å². The summed E-state index contributed by atoms with van der Waals surface area (Å²) in [5.41, 5.74) is 2.79. The highest BCUT2D eigenvalue weighted by atomic mass is 32.2. The molecule has 1 aromatic heterocycles. The predicted octanol–water partition coefficient (Wildman–Crippen LogP) is 4.32. The van der Waals surface area contributed by atoms with Gasteiger partial charge in [-0.05, 0) is 50.2 Å². The van der Waals surface area contributed by atoms with Gasteiger partial charge in [-0.15, -0.1) is 10.2 Å². The molecule has 0 spiro atoms. The summed E-state index contributed by atoms with van der Waals surface area (Å²) in [5.74, 6) is 1.08. The minimum atomic E-state index is -0.644. The first-order chi connectivity index (χ1) is 13.5. The SMILES string of the molecule is CC(=O)c1ccc(OC[C@@H](O)CSc2nnc(Nc3ccc(C)cc3)s2)cc1. The summed E-state index contributed by atoms with van der Waals surface area (Å²) >= 11 is 2.87. The van der Waals surface area contributed by atoms with Crippen LogP contribution in [0.25, 0.3) is 0 Å². The standard InChI is InChI=1S/C20H21N3O3S2/c1-13-3-7-16(8-4-13)21-19-22-23-20(28-19)27-12-17(25)11-26-18-9-5-15(6-10-18)14(2)24/h3-10,17,25H,11-12H2,1-2H3,(H,21,22)/t17-/m1/s1. The number of carbonyl (C=O) groups excluding carboxylic acids is 1. The molecule has 146 valence electrons. The summed E-state index contributed by atoms with van der Waals surface area (Å²) in [6.07, 6.45) is -0.644. The van der Waals surface area contributed by atoms with Crippen LogP contribution in [0.4, 0.5) is 10.8 Å². The van der Waals surface area contributed by atoms with E-state index in [1.54, 1.807) is 24.3 Å². The van der Waals surface area contributed by atoms with Crippen molar-refractivity contribution >= 4 is 39.7 Å². The number of Topliss-reactive ketones (excluding diaryl/α,β-unsaturated/α-hetero) is 1. The number of anilines is 2. The van der Waals surface area contributed by atoms with Crippen molar-refractivity contribution in [3.05, 3.63) is 59.7 Å². The van der Waals surface area contributed by atoms with Crippen LogP contribution in [-0.4, -0.2) is 39.6 Å². The number of carbonyl (C=O) groups is 1. The number of nitrogens with zero attached hydrogens (tertiary/aromatic N) is 2. The minimum absolute atomic E-state index is 0.0104. The van der Waals surface area contributed by atoms with Crippen molar-refractivity contribution in [1.82, 2.24) is 10.2 Å². The van der Waals surface area contributed by atoms with E-state index in [0.717, 1.165) is 10.0 Å². The number of aryl methyl sites for hydroxylation is 1. The van der Waals surface area contributed by atoms with Crippen LogP contribution in [-0.2, 0) is 0 Å². The molecule has 28 heavy (non-hydrogen) atoms. The zero-order valence-corrected chi connectivity index (χ0v) is 17.2. The second-order valence-corrected chi connectivity index (χ2v) is 8.47. The molecule has 0 aliphatic carbocycles. The Labute approximate surface area is 172 Å². The van der Waals surface area contributed by atoms with E-state index in [2.05, 4.69) is 15.5 Å². The van der Waals surface area contributed by atoms with E-state index in [0.29, 0.717) is 22.2 Å². The van der Waals surface area contributed by atoms with E-state index in [-0.39, 0.29) is 12.4 Å². The molecule has 1 heterocycles. The number of hydrogen-bond donors (Lipinski definition) is 2. The summed E-state index contributed by atoms with van der Waals surface area (Å²) in [5, 5.41) is 22.3. The van der Waals surface area contributed by atoms with E-state index in [1.807, 2.05) is 31.2 Å². The Morgan fingerprint density at radius 3 is 2.57 bits per heavy atom. The lowest BCUT2D eigenvalue weighted by Crippen LogP contribution is -2.20. The molecule has 0 aliphatic heterocycles. The van der Waals surface area contributed by atoms with Gasteiger partial charge < -0.3 is 15.2 Å². The Hall–Kier alpha value is -2.42. The number of thioether (sulfide) groups is 1. The van der Waals surface area contributed by atoms with Crippen LogP contribution in [0.5, 0.6) is 5.75 Å².